The van der Waals surface area contributed by atoms with Crippen LogP contribution in [0.2, 0.25) is 0 Å². The second kappa shape index (κ2) is 9.67. The highest BCUT2D eigenvalue weighted by Crippen LogP contribution is 2.37. The second-order valence-corrected chi connectivity index (χ2v) is 7.70. The number of aromatic hydroxyl groups is 1. The van der Waals surface area contributed by atoms with Crippen LogP contribution in [0.25, 0.3) is 5.57 Å². The molecule has 0 saturated carbocycles. The zero-order valence-electron chi connectivity index (χ0n) is 18.1. The number of benzene rings is 2. The molecule has 0 spiro atoms. The van der Waals surface area contributed by atoms with Crippen LogP contribution in [0.1, 0.15) is 17.2 Å². The molecule has 32 heavy (non-hydrogen) atoms. The van der Waals surface area contributed by atoms with E-state index in [0.29, 0.717) is 11.1 Å². The summed E-state index contributed by atoms with van der Waals surface area (Å²) >= 11 is 0. The van der Waals surface area contributed by atoms with Crippen LogP contribution in [0.5, 0.6) is 5.75 Å². The Kier molecular flexibility index (Phi) is 6.97. The summed E-state index contributed by atoms with van der Waals surface area (Å²) < 4.78 is 33.2. The first kappa shape index (κ1) is 23.1. The van der Waals surface area contributed by atoms with E-state index in [2.05, 4.69) is 0 Å². The fourth-order valence-electron chi connectivity index (χ4n) is 3.42. The molecule has 1 aliphatic rings. The Hall–Kier alpha value is -3.62. The van der Waals surface area contributed by atoms with Crippen molar-refractivity contribution in [1.29, 1.82) is 0 Å². The van der Waals surface area contributed by atoms with E-state index in [1.165, 1.54) is 26.8 Å². The Balaban J connectivity index is 1.84. The van der Waals surface area contributed by atoms with Crippen molar-refractivity contribution < 1.29 is 28.2 Å². The standard InChI is InChI=1S/C23H25F2N3O4/c1-26(2)23(31)32-10-9-27(3)22(30)28-14-16(19-13-17(24)7-8-20(19)25)12-21(28)15-5-4-6-18(29)11-15/h4-8,11-13,21,29H,9-10,14H2,1-3H3. The largest absolute Gasteiger partial charge is 0.508 e. The zero-order chi connectivity index (χ0) is 23.4. The predicted octanol–water partition coefficient (Wildman–Crippen LogP) is 3.86. The van der Waals surface area contributed by atoms with Gasteiger partial charge in [-0.05, 0) is 41.5 Å². The maximum atomic E-state index is 14.4. The van der Waals surface area contributed by atoms with E-state index in [0.717, 1.165) is 18.2 Å². The van der Waals surface area contributed by atoms with Gasteiger partial charge in [0.25, 0.3) is 0 Å². The minimum atomic E-state index is -0.598. The molecule has 1 unspecified atom stereocenters. The lowest BCUT2D eigenvalue weighted by atomic mass is 10.0. The second-order valence-electron chi connectivity index (χ2n) is 7.70. The number of urea groups is 1. The van der Waals surface area contributed by atoms with Gasteiger partial charge >= 0.3 is 12.1 Å². The predicted molar refractivity (Wildman–Crippen MR) is 115 cm³/mol. The summed E-state index contributed by atoms with van der Waals surface area (Å²) in [5, 5.41) is 9.89. The van der Waals surface area contributed by atoms with Gasteiger partial charge < -0.3 is 24.5 Å². The number of rotatable bonds is 5. The number of phenols is 1. The molecule has 3 amide bonds. The van der Waals surface area contributed by atoms with Crippen molar-refractivity contribution in [3.63, 3.8) is 0 Å². The SMILES string of the molecule is CN(C)C(=O)OCCN(C)C(=O)N1CC(c2cc(F)ccc2F)=CC1c1cccc(O)c1. The van der Waals surface area contributed by atoms with Crippen LogP contribution in [0, 0.1) is 11.6 Å². The number of likely N-dealkylation sites (N-methyl/N-ethyl adjacent to an activating group) is 1. The molecule has 7 nitrogen and oxygen atoms in total. The fraction of sp³-hybridized carbons (Fsp3) is 0.304. The molecule has 0 saturated heterocycles. The number of carbonyl (C=O) groups excluding carboxylic acids is 2. The van der Waals surface area contributed by atoms with Gasteiger partial charge in [0.15, 0.2) is 0 Å². The van der Waals surface area contributed by atoms with Gasteiger partial charge in [-0.2, -0.15) is 0 Å². The molecule has 2 aromatic rings. The molecule has 0 radical (unpaired) electrons. The summed E-state index contributed by atoms with van der Waals surface area (Å²) in [6.07, 6.45) is 1.17. The number of halogens is 2. The van der Waals surface area contributed by atoms with Crippen LogP contribution in [0.3, 0.4) is 0 Å². The molecule has 0 bridgehead atoms. The maximum absolute atomic E-state index is 14.4. The zero-order valence-corrected chi connectivity index (χ0v) is 18.1. The normalized spacial score (nSPS) is 15.3. The summed E-state index contributed by atoms with van der Waals surface area (Å²) in [4.78, 5) is 28.9. The summed E-state index contributed by atoms with van der Waals surface area (Å²) in [6, 6.07) is 8.60. The molecular formula is C23H25F2N3O4. The molecule has 1 N–H and O–H groups in total. The summed E-state index contributed by atoms with van der Waals surface area (Å²) in [5.74, 6) is -1.15. The highest BCUT2D eigenvalue weighted by Gasteiger charge is 2.33. The van der Waals surface area contributed by atoms with E-state index < -0.39 is 23.8 Å². The Labute approximate surface area is 185 Å². The fourth-order valence-corrected chi connectivity index (χ4v) is 3.42. The average Bonchev–Trinajstić information content (AvgIpc) is 3.19. The number of nitrogens with zero attached hydrogens (tertiary/aromatic N) is 3. The number of hydrogen-bond acceptors (Lipinski definition) is 4. The van der Waals surface area contributed by atoms with Gasteiger partial charge in [0.2, 0.25) is 0 Å². The Morgan fingerprint density at radius 2 is 1.91 bits per heavy atom. The first-order valence-electron chi connectivity index (χ1n) is 9.98. The molecule has 0 aromatic heterocycles. The number of ether oxygens (including phenoxy) is 1. The third-order valence-corrected chi connectivity index (χ3v) is 5.11. The van der Waals surface area contributed by atoms with Crippen molar-refractivity contribution in [1.82, 2.24) is 14.7 Å². The Morgan fingerprint density at radius 1 is 1.16 bits per heavy atom. The highest BCUT2D eigenvalue weighted by atomic mass is 19.1. The minimum absolute atomic E-state index is 0.00267. The van der Waals surface area contributed by atoms with Crippen LogP contribution in [-0.2, 0) is 4.74 Å². The third-order valence-electron chi connectivity index (χ3n) is 5.11. The topological polar surface area (TPSA) is 73.3 Å². The Morgan fingerprint density at radius 3 is 2.59 bits per heavy atom. The van der Waals surface area contributed by atoms with Gasteiger partial charge in [0.05, 0.1) is 12.6 Å². The van der Waals surface area contributed by atoms with Crippen molar-refractivity contribution in [3.8, 4) is 5.75 Å². The van der Waals surface area contributed by atoms with E-state index in [4.69, 9.17) is 4.74 Å². The molecule has 0 aliphatic carbocycles. The van der Waals surface area contributed by atoms with Crippen LogP contribution in [0.15, 0.2) is 48.5 Å². The first-order valence-corrected chi connectivity index (χ1v) is 9.98. The van der Waals surface area contributed by atoms with Crippen LogP contribution in [0.4, 0.5) is 18.4 Å². The van der Waals surface area contributed by atoms with Crippen molar-refractivity contribution in [2.45, 2.75) is 6.04 Å². The smallest absolute Gasteiger partial charge is 0.409 e. The van der Waals surface area contributed by atoms with Crippen molar-refractivity contribution >= 4 is 17.7 Å². The number of phenolic OH excluding ortho intramolecular Hbond substituents is 1. The van der Waals surface area contributed by atoms with Gasteiger partial charge in [-0.1, -0.05) is 18.2 Å². The average molecular weight is 445 g/mol. The summed E-state index contributed by atoms with van der Waals surface area (Å²) in [5.41, 5.74) is 1.15. The molecular weight excluding hydrogens is 420 g/mol. The van der Waals surface area contributed by atoms with Crippen LogP contribution < -0.4 is 0 Å². The highest BCUT2D eigenvalue weighted by molar-refractivity contribution is 5.82. The van der Waals surface area contributed by atoms with Gasteiger partial charge in [-0.25, -0.2) is 18.4 Å². The van der Waals surface area contributed by atoms with E-state index >= 15 is 0 Å². The van der Waals surface area contributed by atoms with E-state index in [9.17, 15) is 23.5 Å². The molecule has 3 rings (SSSR count). The molecule has 0 fully saturated rings. The molecule has 2 aromatic carbocycles. The van der Waals surface area contributed by atoms with Crippen LogP contribution in [-0.4, -0.2) is 72.8 Å². The molecule has 1 aliphatic heterocycles. The monoisotopic (exact) mass is 445 g/mol. The summed E-state index contributed by atoms with van der Waals surface area (Å²) in [7, 11) is 4.67. The molecule has 9 heteroatoms. The molecule has 1 heterocycles. The van der Waals surface area contributed by atoms with Crippen molar-refractivity contribution in [3.05, 3.63) is 71.3 Å². The van der Waals surface area contributed by atoms with Crippen molar-refractivity contribution in [2.24, 2.45) is 0 Å². The van der Waals surface area contributed by atoms with Gasteiger partial charge in [0.1, 0.15) is 24.0 Å². The summed E-state index contributed by atoms with van der Waals surface area (Å²) in [6.45, 7) is 0.190. The van der Waals surface area contributed by atoms with Crippen molar-refractivity contribution in [2.75, 3.05) is 40.8 Å². The lowest BCUT2D eigenvalue weighted by Gasteiger charge is -2.30. The Bertz CT molecular complexity index is 1040. The van der Waals surface area contributed by atoms with Gasteiger partial charge in [0, 0.05) is 33.3 Å². The quantitative estimate of drug-likeness (QED) is 0.759. The van der Waals surface area contributed by atoms with E-state index in [1.807, 2.05) is 0 Å². The van der Waals surface area contributed by atoms with Gasteiger partial charge in [-0.3, -0.25) is 0 Å². The minimum Gasteiger partial charge on any atom is -0.508 e. The molecule has 170 valence electrons. The lowest BCUT2D eigenvalue weighted by Crippen LogP contribution is -2.43. The lowest BCUT2D eigenvalue weighted by molar-refractivity contribution is 0.105. The van der Waals surface area contributed by atoms with Gasteiger partial charge in [-0.15, -0.1) is 0 Å². The maximum Gasteiger partial charge on any atom is 0.409 e. The number of amides is 3. The first-order chi connectivity index (χ1) is 15.2. The third kappa shape index (κ3) is 5.16. The number of carbonyl (C=O) groups is 2. The number of hydrogen-bond donors (Lipinski definition) is 1. The molecule has 1 atom stereocenters. The van der Waals surface area contributed by atoms with E-state index in [1.54, 1.807) is 39.4 Å². The van der Waals surface area contributed by atoms with E-state index in [-0.39, 0.29) is 37.0 Å². The van der Waals surface area contributed by atoms with Crippen LogP contribution >= 0.6 is 0 Å².